The van der Waals surface area contributed by atoms with Crippen LogP contribution < -0.4 is 0 Å². The summed E-state index contributed by atoms with van der Waals surface area (Å²) in [6.45, 7) is 2.18. The average Bonchev–Trinajstić information content (AvgIpc) is 2.93. The summed E-state index contributed by atoms with van der Waals surface area (Å²) in [5, 5.41) is 0. The minimum absolute atomic E-state index is 0.127. The molecule has 0 radical (unpaired) electrons. The van der Waals surface area contributed by atoms with Crippen molar-refractivity contribution in [2.24, 2.45) is 0 Å². The summed E-state index contributed by atoms with van der Waals surface area (Å²) >= 11 is 0. The van der Waals surface area contributed by atoms with Gasteiger partial charge in [0, 0.05) is 19.2 Å². The van der Waals surface area contributed by atoms with Gasteiger partial charge in [0.25, 0.3) is 0 Å². The molecule has 18 heavy (non-hydrogen) atoms. The maximum Gasteiger partial charge on any atom is 0.319 e. The largest absolute Gasteiger partial charge is 0.468 e. The number of hydrogen-bond donors (Lipinski definition) is 0. The average molecular weight is 255 g/mol. The van der Waals surface area contributed by atoms with Crippen LogP contribution in [0.3, 0.4) is 0 Å². The van der Waals surface area contributed by atoms with Crippen LogP contribution in [0.5, 0.6) is 0 Å². The summed E-state index contributed by atoms with van der Waals surface area (Å²) in [6.07, 6.45) is 8.86. The predicted octanol–water partition coefficient (Wildman–Crippen LogP) is 1.97. The molecule has 1 saturated heterocycles. The highest BCUT2D eigenvalue weighted by atomic mass is 16.5. The molecular formula is C14H25NO3. The van der Waals surface area contributed by atoms with E-state index in [1.807, 2.05) is 0 Å². The first-order valence-corrected chi connectivity index (χ1v) is 7.22. The van der Waals surface area contributed by atoms with Crippen LogP contribution in [0.1, 0.15) is 44.9 Å². The highest BCUT2D eigenvalue weighted by molar-refractivity contribution is 5.71. The van der Waals surface area contributed by atoms with Gasteiger partial charge < -0.3 is 9.47 Å². The standard InChI is InChI=1S/C14H25NO3/c1-17-14(16)11-15(12-6-2-3-7-12)10-13-8-4-5-9-18-13/h12-13H,2-11H2,1H3. The Hall–Kier alpha value is -0.610. The highest BCUT2D eigenvalue weighted by Gasteiger charge is 2.27. The van der Waals surface area contributed by atoms with Gasteiger partial charge in [-0.15, -0.1) is 0 Å². The molecule has 4 heteroatoms. The van der Waals surface area contributed by atoms with Gasteiger partial charge >= 0.3 is 5.97 Å². The van der Waals surface area contributed by atoms with Gasteiger partial charge in [-0.2, -0.15) is 0 Å². The number of nitrogens with zero attached hydrogens (tertiary/aromatic N) is 1. The molecule has 1 heterocycles. The third kappa shape index (κ3) is 3.95. The number of carbonyl (C=O) groups is 1. The van der Waals surface area contributed by atoms with Crippen LogP contribution in [0.15, 0.2) is 0 Å². The van der Waals surface area contributed by atoms with Gasteiger partial charge in [-0.05, 0) is 32.1 Å². The summed E-state index contributed by atoms with van der Waals surface area (Å²) in [7, 11) is 1.46. The molecule has 1 aliphatic carbocycles. The Morgan fingerprint density at radius 2 is 1.94 bits per heavy atom. The second kappa shape index (κ2) is 7.10. The molecule has 104 valence electrons. The molecule has 0 bridgehead atoms. The van der Waals surface area contributed by atoms with Gasteiger partial charge in [-0.1, -0.05) is 12.8 Å². The SMILES string of the molecule is COC(=O)CN(CC1CCCCO1)C1CCCC1. The minimum atomic E-state index is -0.127. The third-order valence-corrected chi connectivity index (χ3v) is 4.11. The monoisotopic (exact) mass is 255 g/mol. The van der Waals surface area contributed by atoms with Crippen molar-refractivity contribution in [2.75, 3.05) is 26.8 Å². The molecule has 4 nitrogen and oxygen atoms in total. The van der Waals surface area contributed by atoms with Crippen molar-refractivity contribution in [2.45, 2.75) is 57.1 Å². The van der Waals surface area contributed by atoms with Crippen LogP contribution in [0.25, 0.3) is 0 Å². The summed E-state index contributed by atoms with van der Waals surface area (Å²) in [6, 6.07) is 0.551. The highest BCUT2D eigenvalue weighted by Crippen LogP contribution is 2.25. The fourth-order valence-corrected chi connectivity index (χ4v) is 3.06. The molecule has 0 aromatic carbocycles. The lowest BCUT2D eigenvalue weighted by atomic mass is 10.1. The van der Waals surface area contributed by atoms with Crippen LogP contribution in [0.2, 0.25) is 0 Å². The van der Waals surface area contributed by atoms with E-state index >= 15 is 0 Å². The summed E-state index contributed by atoms with van der Waals surface area (Å²) in [5.74, 6) is -0.127. The van der Waals surface area contributed by atoms with E-state index in [-0.39, 0.29) is 5.97 Å². The number of methoxy groups -OCH3 is 1. The van der Waals surface area contributed by atoms with E-state index in [0.29, 0.717) is 18.7 Å². The van der Waals surface area contributed by atoms with E-state index in [1.54, 1.807) is 0 Å². The molecule has 0 N–H and O–H groups in total. The molecule has 2 rings (SSSR count). The van der Waals surface area contributed by atoms with E-state index in [0.717, 1.165) is 19.6 Å². The first-order chi connectivity index (χ1) is 8.79. The zero-order valence-corrected chi connectivity index (χ0v) is 11.4. The summed E-state index contributed by atoms with van der Waals surface area (Å²) in [4.78, 5) is 13.8. The molecule has 1 unspecified atom stereocenters. The number of rotatable bonds is 5. The van der Waals surface area contributed by atoms with Gasteiger partial charge in [0.15, 0.2) is 0 Å². The van der Waals surface area contributed by atoms with E-state index in [1.165, 1.54) is 45.6 Å². The van der Waals surface area contributed by atoms with Crippen molar-refractivity contribution in [1.82, 2.24) is 4.90 Å². The number of esters is 1. The maximum atomic E-state index is 11.5. The Labute approximate surface area is 110 Å². The van der Waals surface area contributed by atoms with Gasteiger partial charge in [0.2, 0.25) is 0 Å². The topological polar surface area (TPSA) is 38.8 Å². The van der Waals surface area contributed by atoms with E-state index in [9.17, 15) is 4.79 Å². The Balaban J connectivity index is 1.87. The fraction of sp³-hybridized carbons (Fsp3) is 0.929. The first-order valence-electron chi connectivity index (χ1n) is 7.22. The molecule has 1 aliphatic heterocycles. The number of ether oxygens (including phenoxy) is 2. The second-order valence-electron chi connectivity index (χ2n) is 5.43. The van der Waals surface area contributed by atoms with Gasteiger partial charge in [-0.25, -0.2) is 0 Å². The second-order valence-corrected chi connectivity index (χ2v) is 5.43. The molecule has 1 atom stereocenters. The van der Waals surface area contributed by atoms with Crippen LogP contribution in [0, 0.1) is 0 Å². The van der Waals surface area contributed by atoms with Crippen LogP contribution in [-0.4, -0.2) is 49.8 Å². The van der Waals surface area contributed by atoms with Crippen molar-refractivity contribution in [3.63, 3.8) is 0 Å². The molecule has 2 aliphatic rings. The maximum absolute atomic E-state index is 11.5. The van der Waals surface area contributed by atoms with Crippen LogP contribution >= 0.6 is 0 Å². The van der Waals surface area contributed by atoms with E-state index in [2.05, 4.69) is 4.90 Å². The smallest absolute Gasteiger partial charge is 0.319 e. The Morgan fingerprint density at radius 1 is 1.22 bits per heavy atom. The fourth-order valence-electron chi connectivity index (χ4n) is 3.06. The molecule has 0 spiro atoms. The Bertz CT molecular complexity index is 258. The predicted molar refractivity (Wildman–Crippen MR) is 69.4 cm³/mol. The first kappa shape index (κ1) is 13.8. The molecule has 0 aromatic rings. The van der Waals surface area contributed by atoms with Gasteiger partial charge in [0.1, 0.15) is 0 Å². The summed E-state index contributed by atoms with van der Waals surface area (Å²) in [5.41, 5.74) is 0. The van der Waals surface area contributed by atoms with Crippen molar-refractivity contribution in [1.29, 1.82) is 0 Å². The van der Waals surface area contributed by atoms with Crippen molar-refractivity contribution in [3.8, 4) is 0 Å². The third-order valence-electron chi connectivity index (χ3n) is 4.11. The number of carbonyl (C=O) groups excluding carboxylic acids is 1. The summed E-state index contributed by atoms with van der Waals surface area (Å²) < 4.78 is 10.6. The molecule has 0 aromatic heterocycles. The quantitative estimate of drug-likeness (QED) is 0.704. The van der Waals surface area contributed by atoms with Crippen molar-refractivity contribution >= 4 is 5.97 Å². The zero-order valence-electron chi connectivity index (χ0n) is 11.4. The lowest BCUT2D eigenvalue weighted by molar-refractivity contribution is -0.143. The minimum Gasteiger partial charge on any atom is -0.468 e. The molecule has 2 fully saturated rings. The molecule has 1 saturated carbocycles. The Morgan fingerprint density at radius 3 is 2.56 bits per heavy atom. The Kier molecular flexibility index (Phi) is 5.45. The lowest BCUT2D eigenvalue weighted by Crippen LogP contribution is -2.44. The van der Waals surface area contributed by atoms with Gasteiger partial charge in [0.05, 0.1) is 19.8 Å². The number of hydrogen-bond acceptors (Lipinski definition) is 4. The van der Waals surface area contributed by atoms with Crippen molar-refractivity contribution in [3.05, 3.63) is 0 Å². The zero-order chi connectivity index (χ0) is 12.8. The molecular weight excluding hydrogens is 230 g/mol. The lowest BCUT2D eigenvalue weighted by Gasteiger charge is -2.33. The van der Waals surface area contributed by atoms with Crippen molar-refractivity contribution < 1.29 is 14.3 Å². The van der Waals surface area contributed by atoms with E-state index < -0.39 is 0 Å². The normalized spacial score (nSPS) is 25.6. The van der Waals surface area contributed by atoms with Gasteiger partial charge in [-0.3, -0.25) is 9.69 Å². The molecule has 0 amide bonds. The van der Waals surface area contributed by atoms with Crippen LogP contribution in [0.4, 0.5) is 0 Å². The van der Waals surface area contributed by atoms with Crippen LogP contribution in [-0.2, 0) is 14.3 Å². The van der Waals surface area contributed by atoms with E-state index in [4.69, 9.17) is 9.47 Å².